The van der Waals surface area contributed by atoms with E-state index >= 15 is 0 Å². The van der Waals surface area contributed by atoms with E-state index in [-0.39, 0.29) is 5.91 Å². The normalized spacial score (nSPS) is 13.8. The van der Waals surface area contributed by atoms with Gasteiger partial charge in [0.05, 0.1) is 0 Å². The molecule has 1 aliphatic rings. The third-order valence-electron chi connectivity index (χ3n) is 3.54. The van der Waals surface area contributed by atoms with Gasteiger partial charge in [-0.1, -0.05) is 18.2 Å². The number of anilines is 2. The lowest BCUT2D eigenvalue weighted by Gasteiger charge is -2.11. The van der Waals surface area contributed by atoms with Gasteiger partial charge in [0, 0.05) is 11.7 Å². The zero-order chi connectivity index (χ0) is 14.8. The summed E-state index contributed by atoms with van der Waals surface area (Å²) >= 11 is 0. The van der Waals surface area contributed by atoms with Gasteiger partial charge in [0.15, 0.2) is 11.5 Å². The molecule has 108 valence electrons. The maximum atomic E-state index is 11.8. The SMILES string of the molecule is Cc1cccc(C)c1Nc1ccc(C(=O)NC2CC2)nn1. The molecule has 0 saturated heterocycles. The van der Waals surface area contributed by atoms with Gasteiger partial charge in [0.1, 0.15) is 0 Å². The number of aromatic nitrogens is 2. The van der Waals surface area contributed by atoms with Gasteiger partial charge in [-0.2, -0.15) is 0 Å². The zero-order valence-corrected chi connectivity index (χ0v) is 12.2. The van der Waals surface area contributed by atoms with Gasteiger partial charge in [-0.05, 0) is 49.9 Å². The standard InChI is InChI=1S/C16H18N4O/c1-10-4-3-5-11(2)15(10)18-14-9-8-13(19-20-14)16(21)17-12-6-7-12/h3-5,8-9,12H,6-7H2,1-2H3,(H,17,21)(H,18,20). The molecule has 0 unspecified atom stereocenters. The molecule has 2 aromatic rings. The smallest absolute Gasteiger partial charge is 0.272 e. The Morgan fingerprint density at radius 3 is 2.38 bits per heavy atom. The second-order valence-corrected chi connectivity index (χ2v) is 5.44. The third kappa shape index (κ3) is 3.18. The van der Waals surface area contributed by atoms with E-state index in [1.807, 2.05) is 32.0 Å². The predicted octanol–water partition coefficient (Wildman–Crippen LogP) is 2.73. The summed E-state index contributed by atoms with van der Waals surface area (Å²) < 4.78 is 0. The molecule has 3 rings (SSSR count). The van der Waals surface area contributed by atoms with Crippen molar-refractivity contribution in [3.8, 4) is 0 Å². The predicted molar refractivity (Wildman–Crippen MR) is 81.7 cm³/mol. The molecule has 5 heteroatoms. The highest BCUT2D eigenvalue weighted by Gasteiger charge is 2.24. The molecular formula is C16H18N4O. The van der Waals surface area contributed by atoms with Gasteiger partial charge in [-0.25, -0.2) is 0 Å². The highest BCUT2D eigenvalue weighted by Crippen LogP contribution is 2.23. The highest BCUT2D eigenvalue weighted by molar-refractivity contribution is 5.92. The van der Waals surface area contributed by atoms with E-state index < -0.39 is 0 Å². The first kappa shape index (κ1) is 13.5. The number of nitrogens with zero attached hydrogens (tertiary/aromatic N) is 2. The quantitative estimate of drug-likeness (QED) is 0.905. The van der Waals surface area contributed by atoms with E-state index in [1.165, 1.54) is 0 Å². The van der Waals surface area contributed by atoms with Crippen molar-refractivity contribution in [3.05, 3.63) is 47.2 Å². The Balaban J connectivity index is 1.73. The molecule has 5 nitrogen and oxygen atoms in total. The number of nitrogens with one attached hydrogen (secondary N) is 2. The van der Waals surface area contributed by atoms with Crippen LogP contribution in [-0.2, 0) is 0 Å². The van der Waals surface area contributed by atoms with Crippen LogP contribution in [0.15, 0.2) is 30.3 Å². The minimum absolute atomic E-state index is 0.149. The van der Waals surface area contributed by atoms with Gasteiger partial charge in [-0.3, -0.25) is 4.79 Å². The maximum Gasteiger partial charge on any atom is 0.272 e. The van der Waals surface area contributed by atoms with Crippen molar-refractivity contribution in [3.63, 3.8) is 0 Å². The van der Waals surface area contributed by atoms with E-state index in [2.05, 4.69) is 20.8 Å². The Hall–Kier alpha value is -2.43. The molecule has 1 aliphatic carbocycles. The van der Waals surface area contributed by atoms with E-state index in [9.17, 15) is 4.79 Å². The average molecular weight is 282 g/mol. The molecule has 0 atom stereocenters. The number of para-hydroxylation sites is 1. The molecule has 1 amide bonds. The number of amides is 1. The Morgan fingerprint density at radius 1 is 1.10 bits per heavy atom. The summed E-state index contributed by atoms with van der Waals surface area (Å²) in [6, 6.07) is 9.90. The first-order chi connectivity index (χ1) is 10.1. The second kappa shape index (κ2) is 5.52. The van der Waals surface area contributed by atoms with Crippen LogP contribution in [0.2, 0.25) is 0 Å². The average Bonchev–Trinajstić information content (AvgIpc) is 3.28. The number of carbonyl (C=O) groups is 1. The van der Waals surface area contributed by atoms with Crippen LogP contribution in [0.5, 0.6) is 0 Å². The number of hydrogen-bond acceptors (Lipinski definition) is 4. The first-order valence-electron chi connectivity index (χ1n) is 7.11. The lowest BCUT2D eigenvalue weighted by atomic mass is 10.1. The number of rotatable bonds is 4. The fourth-order valence-corrected chi connectivity index (χ4v) is 2.15. The van der Waals surface area contributed by atoms with E-state index in [0.29, 0.717) is 17.6 Å². The molecule has 1 heterocycles. The summed E-state index contributed by atoms with van der Waals surface area (Å²) in [5, 5.41) is 14.2. The Morgan fingerprint density at radius 2 is 1.81 bits per heavy atom. The van der Waals surface area contributed by atoms with Gasteiger partial charge in [0.2, 0.25) is 0 Å². The van der Waals surface area contributed by atoms with E-state index in [0.717, 1.165) is 29.7 Å². The van der Waals surface area contributed by atoms with Crippen LogP contribution in [0.4, 0.5) is 11.5 Å². The molecule has 1 fully saturated rings. The molecule has 0 spiro atoms. The molecule has 2 N–H and O–H groups in total. The molecule has 1 saturated carbocycles. The van der Waals surface area contributed by atoms with Crippen molar-refractivity contribution < 1.29 is 4.79 Å². The van der Waals surface area contributed by atoms with Crippen LogP contribution < -0.4 is 10.6 Å². The largest absolute Gasteiger partial charge is 0.348 e. The lowest BCUT2D eigenvalue weighted by molar-refractivity contribution is 0.0945. The van der Waals surface area contributed by atoms with Crippen LogP contribution >= 0.6 is 0 Å². The Kier molecular flexibility index (Phi) is 3.56. The first-order valence-corrected chi connectivity index (χ1v) is 7.11. The van der Waals surface area contributed by atoms with Crippen molar-refractivity contribution in [1.82, 2.24) is 15.5 Å². The number of hydrogen-bond donors (Lipinski definition) is 2. The van der Waals surface area contributed by atoms with Crippen molar-refractivity contribution in [1.29, 1.82) is 0 Å². The summed E-state index contributed by atoms with van der Waals surface area (Å²) in [5.41, 5.74) is 3.68. The van der Waals surface area contributed by atoms with Crippen LogP contribution in [-0.4, -0.2) is 22.1 Å². The second-order valence-electron chi connectivity index (χ2n) is 5.44. The third-order valence-corrected chi connectivity index (χ3v) is 3.54. The molecule has 1 aromatic carbocycles. The van der Waals surface area contributed by atoms with Crippen LogP contribution in [0.1, 0.15) is 34.5 Å². The lowest BCUT2D eigenvalue weighted by Crippen LogP contribution is -2.26. The molecule has 21 heavy (non-hydrogen) atoms. The minimum atomic E-state index is -0.149. The monoisotopic (exact) mass is 282 g/mol. The summed E-state index contributed by atoms with van der Waals surface area (Å²) in [5.74, 6) is 0.485. The fourth-order valence-electron chi connectivity index (χ4n) is 2.15. The number of aryl methyl sites for hydroxylation is 2. The van der Waals surface area contributed by atoms with Crippen molar-refractivity contribution in [2.45, 2.75) is 32.7 Å². The van der Waals surface area contributed by atoms with Crippen molar-refractivity contribution in [2.75, 3.05) is 5.32 Å². The summed E-state index contributed by atoms with van der Waals surface area (Å²) in [6.45, 7) is 4.08. The topological polar surface area (TPSA) is 66.9 Å². The highest BCUT2D eigenvalue weighted by atomic mass is 16.2. The summed E-state index contributed by atoms with van der Waals surface area (Å²) in [7, 11) is 0. The van der Waals surface area contributed by atoms with Crippen LogP contribution in [0, 0.1) is 13.8 Å². The van der Waals surface area contributed by atoms with Crippen LogP contribution in [0.25, 0.3) is 0 Å². The van der Waals surface area contributed by atoms with Crippen LogP contribution in [0.3, 0.4) is 0 Å². The van der Waals surface area contributed by atoms with Gasteiger partial charge in [-0.15, -0.1) is 10.2 Å². The van der Waals surface area contributed by atoms with Gasteiger partial charge < -0.3 is 10.6 Å². The van der Waals surface area contributed by atoms with Crippen molar-refractivity contribution in [2.24, 2.45) is 0 Å². The molecule has 0 aliphatic heterocycles. The van der Waals surface area contributed by atoms with E-state index in [1.54, 1.807) is 12.1 Å². The summed E-state index contributed by atoms with van der Waals surface area (Å²) in [4.78, 5) is 11.8. The molecule has 0 radical (unpaired) electrons. The Labute approximate surface area is 123 Å². The molecular weight excluding hydrogens is 264 g/mol. The fraction of sp³-hybridized carbons (Fsp3) is 0.312. The van der Waals surface area contributed by atoms with Gasteiger partial charge >= 0.3 is 0 Å². The maximum absolute atomic E-state index is 11.8. The number of carbonyl (C=O) groups excluding carboxylic acids is 1. The van der Waals surface area contributed by atoms with E-state index in [4.69, 9.17) is 0 Å². The van der Waals surface area contributed by atoms with Crippen molar-refractivity contribution >= 4 is 17.4 Å². The zero-order valence-electron chi connectivity index (χ0n) is 12.2. The Bertz CT molecular complexity index is 642. The molecule has 1 aromatic heterocycles. The van der Waals surface area contributed by atoms with Gasteiger partial charge in [0.25, 0.3) is 5.91 Å². The molecule has 0 bridgehead atoms. The summed E-state index contributed by atoms with van der Waals surface area (Å²) in [6.07, 6.45) is 2.12. The minimum Gasteiger partial charge on any atom is -0.348 e. The number of benzene rings is 1.